The maximum Gasteiger partial charge on any atom is 0.201 e. The number of nitrogens with zero attached hydrogens (tertiary/aromatic N) is 3. The molecule has 0 unspecified atom stereocenters. The van der Waals surface area contributed by atoms with Gasteiger partial charge in [-0.05, 0) is 50.0 Å². The molecule has 3 aromatic rings. The molecule has 0 spiro atoms. The minimum atomic E-state index is 0.0502. The Labute approximate surface area is 225 Å². The summed E-state index contributed by atoms with van der Waals surface area (Å²) in [5, 5.41) is 25.5. The molecule has 0 aliphatic heterocycles. The van der Waals surface area contributed by atoms with Crippen molar-refractivity contribution in [2.75, 3.05) is 26.1 Å². The van der Waals surface area contributed by atoms with E-state index < -0.39 is 0 Å². The number of phenols is 1. The molecule has 0 radical (unpaired) electrons. The van der Waals surface area contributed by atoms with Crippen LogP contribution in [0.25, 0.3) is 0 Å². The summed E-state index contributed by atoms with van der Waals surface area (Å²) in [7, 11) is 3.53. The normalized spacial score (nSPS) is 10.3. The summed E-state index contributed by atoms with van der Waals surface area (Å²) < 4.78 is 4.86. The maximum absolute atomic E-state index is 9.87. The Hall–Kier alpha value is -3.28. The molecular formula is C27H40N6O3S. The molecule has 37 heavy (non-hydrogen) atoms. The quantitative estimate of drug-likeness (QED) is 0.0438. The minimum Gasteiger partial charge on any atom is -0.506 e. The zero-order valence-corrected chi connectivity index (χ0v) is 23.5. The molecule has 9 nitrogen and oxygen atoms in total. The van der Waals surface area contributed by atoms with Gasteiger partial charge in [0.25, 0.3) is 0 Å². The number of hydrazone groups is 1. The Bertz CT molecular complexity index is 1000. The number of nitrogens with one attached hydrogen (secondary N) is 3. The monoisotopic (exact) mass is 528 g/mol. The molecule has 3 aromatic carbocycles. The van der Waals surface area contributed by atoms with E-state index in [-0.39, 0.29) is 5.75 Å². The van der Waals surface area contributed by atoms with Crippen LogP contribution in [-0.2, 0) is 9.32 Å². The fourth-order valence-electron chi connectivity index (χ4n) is 2.17. The van der Waals surface area contributed by atoms with E-state index in [0.717, 1.165) is 34.7 Å². The van der Waals surface area contributed by atoms with Gasteiger partial charge >= 0.3 is 0 Å². The highest BCUT2D eigenvalue weighted by Gasteiger charge is 2.04. The lowest BCUT2D eigenvalue weighted by Gasteiger charge is -2.05. The van der Waals surface area contributed by atoms with Crippen LogP contribution in [0.3, 0.4) is 0 Å². The van der Waals surface area contributed by atoms with E-state index in [9.17, 15) is 5.11 Å². The number of anilines is 1. The average Bonchev–Trinajstić information content (AvgIpc) is 2.97. The second kappa shape index (κ2) is 23.1. The third-order valence-electron chi connectivity index (χ3n) is 3.91. The topological polar surface area (TPSA) is 112 Å². The molecule has 0 heterocycles. The zero-order chi connectivity index (χ0) is 27.7. The van der Waals surface area contributed by atoms with Crippen LogP contribution in [0.4, 0.5) is 11.4 Å². The van der Waals surface area contributed by atoms with Crippen molar-refractivity contribution in [2.24, 2.45) is 15.3 Å². The van der Waals surface area contributed by atoms with E-state index in [1.54, 1.807) is 31.3 Å². The van der Waals surface area contributed by atoms with Crippen LogP contribution < -0.4 is 16.2 Å². The summed E-state index contributed by atoms with van der Waals surface area (Å²) in [6.07, 6.45) is 0. The fraction of sp³-hybridized carbons (Fsp3) is 0.296. The molecule has 0 aliphatic carbocycles. The van der Waals surface area contributed by atoms with Gasteiger partial charge in [0, 0.05) is 17.5 Å². The molecule has 0 aliphatic rings. The third-order valence-corrected chi connectivity index (χ3v) is 4.51. The van der Waals surface area contributed by atoms with E-state index in [4.69, 9.17) is 4.33 Å². The van der Waals surface area contributed by atoms with Crippen molar-refractivity contribution in [1.29, 1.82) is 0 Å². The summed E-state index contributed by atoms with van der Waals surface area (Å²) in [5.74, 6) is 0.423. The number of rotatable bonds is 9. The molecule has 0 aromatic heterocycles. The Morgan fingerprint density at radius 3 is 2.03 bits per heavy atom. The first-order valence-corrected chi connectivity index (χ1v) is 12.9. The van der Waals surface area contributed by atoms with E-state index in [1.165, 1.54) is 0 Å². The lowest BCUT2D eigenvalue weighted by Crippen LogP contribution is -2.04. The Morgan fingerprint density at radius 1 is 0.865 bits per heavy atom. The number of aromatic hydroxyl groups is 1. The van der Waals surface area contributed by atoms with Crippen LogP contribution in [0.15, 0.2) is 99.1 Å². The number of hydroxylamine groups is 1. The van der Waals surface area contributed by atoms with Crippen molar-refractivity contribution < 1.29 is 14.4 Å². The Morgan fingerprint density at radius 2 is 1.46 bits per heavy atom. The fourth-order valence-corrected chi connectivity index (χ4v) is 2.60. The Kier molecular flexibility index (Phi) is 21.1. The molecule has 10 heteroatoms. The summed E-state index contributed by atoms with van der Waals surface area (Å²) in [6.45, 7) is 11.1. The lowest BCUT2D eigenvalue weighted by atomic mass is 10.2. The average molecular weight is 529 g/mol. The van der Waals surface area contributed by atoms with Gasteiger partial charge in [0.05, 0.1) is 17.7 Å². The molecule has 202 valence electrons. The molecule has 3 rings (SSSR count). The van der Waals surface area contributed by atoms with Crippen molar-refractivity contribution >= 4 is 29.3 Å². The van der Waals surface area contributed by atoms with Crippen LogP contribution in [0.2, 0.25) is 0 Å². The van der Waals surface area contributed by atoms with Crippen molar-refractivity contribution in [3.05, 3.63) is 84.4 Å². The van der Waals surface area contributed by atoms with Gasteiger partial charge in [-0.15, -0.1) is 19.6 Å². The van der Waals surface area contributed by atoms with Crippen molar-refractivity contribution in [1.82, 2.24) is 10.8 Å². The van der Waals surface area contributed by atoms with Crippen molar-refractivity contribution in [3.63, 3.8) is 0 Å². The predicted octanol–water partition coefficient (Wildman–Crippen LogP) is 7.32. The number of benzene rings is 3. The number of amidine groups is 1. The van der Waals surface area contributed by atoms with Crippen LogP contribution in [0, 0.1) is 0 Å². The largest absolute Gasteiger partial charge is 0.506 e. The number of hydrogen-bond acceptors (Lipinski definition) is 9. The molecule has 0 saturated heterocycles. The smallest absolute Gasteiger partial charge is 0.201 e. The number of phenolic OH excluding ortho intramolecular Hbond substituents is 1. The molecule has 4 N–H and O–H groups in total. The predicted molar refractivity (Wildman–Crippen MR) is 155 cm³/mol. The standard InChI is InChI=1S/C20H19N5O3S.C3H9N.2C2H6/c1-21-27-28-29-17-13-11-16(12-14-17)22-24-20(15-7-3-2-4-8-15)25-23-18-9-5-6-10-19(18)26;1-3-4-2;2*1-2/h2-14,21-22,26H,1H3;4H,3H2,1-2H3;2*1-2H3/b24-20+,25-23?;;;. The lowest BCUT2D eigenvalue weighted by molar-refractivity contribution is -0.237. The van der Waals surface area contributed by atoms with Crippen LogP contribution in [0.1, 0.15) is 40.2 Å². The summed E-state index contributed by atoms with van der Waals surface area (Å²) in [4.78, 5) is 5.46. The van der Waals surface area contributed by atoms with Gasteiger partial charge in [-0.25, -0.2) is 0 Å². The maximum atomic E-state index is 9.87. The van der Waals surface area contributed by atoms with Gasteiger partial charge in [0.15, 0.2) is 0 Å². The molecule has 0 fully saturated rings. The summed E-state index contributed by atoms with van der Waals surface area (Å²) in [5.41, 5.74) is 7.29. The molecular weight excluding hydrogens is 488 g/mol. The van der Waals surface area contributed by atoms with Crippen LogP contribution in [-0.4, -0.2) is 31.6 Å². The van der Waals surface area contributed by atoms with Gasteiger partial charge in [-0.2, -0.15) is 10.6 Å². The van der Waals surface area contributed by atoms with Crippen LogP contribution >= 0.6 is 12.0 Å². The molecule has 0 atom stereocenters. The second-order valence-corrected chi connectivity index (χ2v) is 7.05. The zero-order valence-electron chi connectivity index (χ0n) is 22.7. The molecule has 0 saturated carbocycles. The van der Waals surface area contributed by atoms with E-state index in [1.807, 2.05) is 89.3 Å². The SMILES string of the molecule is CC.CC.CCNC.CNOOSc1ccc(N/N=C(/N=Nc2ccccc2O)c2ccccc2)cc1. The summed E-state index contributed by atoms with van der Waals surface area (Å²) >= 11 is 1.08. The van der Waals surface area contributed by atoms with Gasteiger partial charge in [0.2, 0.25) is 5.84 Å². The molecule has 0 amide bonds. The van der Waals surface area contributed by atoms with Crippen molar-refractivity contribution in [2.45, 2.75) is 39.5 Å². The van der Waals surface area contributed by atoms with Gasteiger partial charge in [-0.1, -0.05) is 77.1 Å². The minimum absolute atomic E-state index is 0.0502. The first kappa shape index (κ1) is 33.7. The number of azo groups is 1. The third kappa shape index (κ3) is 14.8. The highest BCUT2D eigenvalue weighted by molar-refractivity contribution is 7.94. The Balaban J connectivity index is 0.00000145. The first-order valence-electron chi connectivity index (χ1n) is 12.2. The van der Waals surface area contributed by atoms with Crippen molar-refractivity contribution in [3.8, 4) is 5.75 Å². The van der Waals surface area contributed by atoms with Gasteiger partial charge < -0.3 is 10.4 Å². The van der Waals surface area contributed by atoms with Crippen LogP contribution in [0.5, 0.6) is 5.75 Å². The first-order chi connectivity index (χ1) is 18.2. The second-order valence-electron chi connectivity index (χ2n) is 6.27. The van der Waals surface area contributed by atoms with Gasteiger partial charge in [-0.3, -0.25) is 5.43 Å². The number of para-hydroxylation sites is 1. The molecule has 0 bridgehead atoms. The van der Waals surface area contributed by atoms with E-state index >= 15 is 0 Å². The van der Waals surface area contributed by atoms with E-state index in [0.29, 0.717) is 11.5 Å². The highest BCUT2D eigenvalue weighted by Crippen LogP contribution is 2.25. The summed E-state index contributed by atoms with van der Waals surface area (Å²) in [6, 6.07) is 23.6. The number of hydrogen-bond donors (Lipinski definition) is 4. The highest BCUT2D eigenvalue weighted by atomic mass is 32.2. The van der Waals surface area contributed by atoms with Gasteiger partial charge in [0.1, 0.15) is 11.4 Å². The van der Waals surface area contributed by atoms with E-state index in [2.05, 4.69) is 43.5 Å².